The van der Waals surface area contributed by atoms with Crippen LogP contribution in [-0.2, 0) is 17.7 Å². The molecule has 0 saturated carbocycles. The van der Waals surface area contributed by atoms with Gasteiger partial charge in [-0.1, -0.05) is 6.92 Å². The van der Waals surface area contributed by atoms with Gasteiger partial charge in [-0.15, -0.1) is 23.7 Å². The molecule has 1 aliphatic rings. The van der Waals surface area contributed by atoms with E-state index < -0.39 is 5.97 Å². The van der Waals surface area contributed by atoms with E-state index in [1.165, 1.54) is 18.4 Å². The summed E-state index contributed by atoms with van der Waals surface area (Å²) >= 11 is 1.44. The standard InChI is InChI=1S/C21H26N2O5S.ClH/c1-5-23-10-9-15-17(12-23)29-20(18(15)21(25)28-6-2)22-19(24)14-8-7-13(26-3)11-16(14)27-4;/h7-8,11H,5-6,9-10,12H2,1-4H3,(H,22,24);1H. The second-order valence-electron chi connectivity index (χ2n) is 6.57. The number of benzene rings is 1. The third-order valence-corrected chi connectivity index (χ3v) is 6.08. The number of fused-ring (bicyclic) bond motifs is 1. The molecule has 0 atom stereocenters. The van der Waals surface area contributed by atoms with Crippen molar-refractivity contribution in [2.24, 2.45) is 0 Å². The van der Waals surface area contributed by atoms with Crippen LogP contribution in [0.3, 0.4) is 0 Å². The fourth-order valence-corrected chi connectivity index (χ4v) is 4.66. The highest BCUT2D eigenvalue weighted by Crippen LogP contribution is 2.38. The zero-order valence-corrected chi connectivity index (χ0v) is 19.2. The van der Waals surface area contributed by atoms with Gasteiger partial charge in [0.2, 0.25) is 0 Å². The van der Waals surface area contributed by atoms with E-state index in [1.54, 1.807) is 32.2 Å². The van der Waals surface area contributed by atoms with E-state index in [0.29, 0.717) is 27.6 Å². The number of rotatable bonds is 7. The molecule has 9 heteroatoms. The number of likely N-dealkylation sites (N-methyl/N-ethyl adjacent to an activating group) is 1. The fraction of sp³-hybridized carbons (Fsp3) is 0.429. The Bertz CT molecular complexity index is 915. The molecule has 0 spiro atoms. The number of methoxy groups -OCH3 is 2. The number of halogens is 1. The Labute approximate surface area is 186 Å². The van der Waals surface area contributed by atoms with Gasteiger partial charge in [-0.25, -0.2) is 4.79 Å². The summed E-state index contributed by atoms with van der Waals surface area (Å²) in [5.74, 6) is 0.253. The van der Waals surface area contributed by atoms with Gasteiger partial charge >= 0.3 is 5.97 Å². The number of nitrogens with one attached hydrogen (secondary N) is 1. The Morgan fingerprint density at radius 3 is 2.60 bits per heavy atom. The smallest absolute Gasteiger partial charge is 0.341 e. The van der Waals surface area contributed by atoms with Gasteiger partial charge in [0, 0.05) is 24.0 Å². The number of thiophene rings is 1. The van der Waals surface area contributed by atoms with Crippen LogP contribution in [0.15, 0.2) is 18.2 Å². The SMILES string of the molecule is CCOC(=O)c1c(NC(=O)c2ccc(OC)cc2OC)sc2c1CCN(CC)C2.Cl. The number of ether oxygens (including phenoxy) is 3. The molecular formula is C21H27ClN2O5S. The highest BCUT2D eigenvalue weighted by atomic mass is 35.5. The average molecular weight is 455 g/mol. The predicted octanol–water partition coefficient (Wildman–Crippen LogP) is 3.99. The fourth-order valence-electron chi connectivity index (χ4n) is 3.39. The van der Waals surface area contributed by atoms with Gasteiger partial charge in [-0.05, 0) is 37.6 Å². The van der Waals surface area contributed by atoms with Crippen molar-refractivity contribution in [1.29, 1.82) is 0 Å². The van der Waals surface area contributed by atoms with Crippen molar-refractivity contribution in [2.75, 3.05) is 39.2 Å². The Morgan fingerprint density at radius 2 is 1.97 bits per heavy atom. The maximum Gasteiger partial charge on any atom is 0.341 e. The minimum absolute atomic E-state index is 0. The first-order valence-electron chi connectivity index (χ1n) is 9.59. The van der Waals surface area contributed by atoms with Crippen molar-refractivity contribution in [3.8, 4) is 11.5 Å². The van der Waals surface area contributed by atoms with E-state index in [0.717, 1.165) is 36.5 Å². The molecule has 0 bridgehead atoms. The van der Waals surface area contributed by atoms with Gasteiger partial charge in [0.05, 0.1) is 32.0 Å². The second kappa shape index (κ2) is 10.7. The first-order valence-corrected chi connectivity index (χ1v) is 10.4. The average Bonchev–Trinajstić information content (AvgIpc) is 3.09. The largest absolute Gasteiger partial charge is 0.497 e. The van der Waals surface area contributed by atoms with Gasteiger partial charge in [0.1, 0.15) is 16.5 Å². The number of esters is 1. The number of hydrogen-bond donors (Lipinski definition) is 1. The summed E-state index contributed by atoms with van der Waals surface area (Å²) in [4.78, 5) is 29.0. The van der Waals surface area contributed by atoms with Crippen molar-refractivity contribution in [3.05, 3.63) is 39.8 Å². The Morgan fingerprint density at radius 1 is 1.20 bits per heavy atom. The van der Waals surface area contributed by atoms with Crippen molar-refractivity contribution >= 4 is 40.6 Å². The molecule has 1 aromatic carbocycles. The van der Waals surface area contributed by atoms with E-state index in [-0.39, 0.29) is 24.9 Å². The maximum atomic E-state index is 13.0. The first kappa shape index (κ1) is 24.0. The number of anilines is 1. The number of hydrogen-bond acceptors (Lipinski definition) is 7. The molecule has 3 rings (SSSR count). The quantitative estimate of drug-likeness (QED) is 0.637. The molecule has 2 heterocycles. The van der Waals surface area contributed by atoms with Gasteiger partial charge in [0.15, 0.2) is 0 Å². The van der Waals surface area contributed by atoms with E-state index >= 15 is 0 Å². The van der Waals surface area contributed by atoms with Gasteiger partial charge in [-0.3, -0.25) is 9.69 Å². The van der Waals surface area contributed by atoms with Crippen molar-refractivity contribution in [1.82, 2.24) is 4.90 Å². The zero-order valence-electron chi connectivity index (χ0n) is 17.6. The monoisotopic (exact) mass is 454 g/mol. The summed E-state index contributed by atoms with van der Waals surface area (Å²) in [6, 6.07) is 4.99. The lowest BCUT2D eigenvalue weighted by atomic mass is 10.0. The van der Waals surface area contributed by atoms with E-state index in [9.17, 15) is 9.59 Å². The van der Waals surface area contributed by atoms with Crippen molar-refractivity contribution in [2.45, 2.75) is 26.8 Å². The molecule has 1 aliphatic heterocycles. The van der Waals surface area contributed by atoms with Crippen LogP contribution in [0.5, 0.6) is 11.5 Å². The molecule has 0 aliphatic carbocycles. The molecule has 164 valence electrons. The van der Waals surface area contributed by atoms with Crippen LogP contribution < -0.4 is 14.8 Å². The van der Waals surface area contributed by atoms with Crippen LogP contribution in [-0.4, -0.2) is 50.7 Å². The minimum atomic E-state index is -0.396. The van der Waals surface area contributed by atoms with Crippen LogP contribution in [0, 0.1) is 0 Å². The van der Waals surface area contributed by atoms with E-state index in [1.807, 2.05) is 0 Å². The normalized spacial score (nSPS) is 13.1. The summed E-state index contributed by atoms with van der Waals surface area (Å²) in [7, 11) is 3.05. The van der Waals surface area contributed by atoms with Gasteiger partial charge in [-0.2, -0.15) is 0 Å². The molecule has 0 radical (unpaired) electrons. The van der Waals surface area contributed by atoms with E-state index in [4.69, 9.17) is 14.2 Å². The number of amides is 1. The summed E-state index contributed by atoms with van der Waals surface area (Å²) in [6.07, 6.45) is 0.759. The number of carbonyl (C=O) groups excluding carboxylic acids is 2. The molecule has 0 unspecified atom stereocenters. The third-order valence-electron chi connectivity index (χ3n) is 4.94. The topological polar surface area (TPSA) is 77.1 Å². The Hall–Kier alpha value is -2.29. The van der Waals surface area contributed by atoms with Crippen LogP contribution in [0.1, 0.15) is 45.0 Å². The molecule has 1 N–H and O–H groups in total. The van der Waals surface area contributed by atoms with Crippen molar-refractivity contribution in [3.63, 3.8) is 0 Å². The maximum absolute atomic E-state index is 13.0. The molecule has 7 nitrogen and oxygen atoms in total. The molecule has 1 aromatic heterocycles. The van der Waals surface area contributed by atoms with Crippen LogP contribution in [0.25, 0.3) is 0 Å². The number of carbonyl (C=O) groups is 2. The summed E-state index contributed by atoms with van der Waals surface area (Å²) in [6.45, 7) is 6.76. The zero-order chi connectivity index (χ0) is 21.0. The lowest BCUT2D eigenvalue weighted by Crippen LogP contribution is -2.30. The second-order valence-corrected chi connectivity index (χ2v) is 7.67. The number of nitrogens with zero attached hydrogens (tertiary/aromatic N) is 1. The predicted molar refractivity (Wildman–Crippen MR) is 120 cm³/mol. The van der Waals surface area contributed by atoms with Gasteiger partial charge in [0.25, 0.3) is 5.91 Å². The highest BCUT2D eigenvalue weighted by molar-refractivity contribution is 7.17. The summed E-state index contributed by atoms with van der Waals surface area (Å²) in [5.41, 5.74) is 1.82. The van der Waals surface area contributed by atoms with Crippen LogP contribution in [0.2, 0.25) is 0 Å². The first-order chi connectivity index (χ1) is 14.0. The Balaban J connectivity index is 0.00000320. The molecular weight excluding hydrogens is 428 g/mol. The molecule has 1 amide bonds. The lowest BCUT2D eigenvalue weighted by Gasteiger charge is -2.25. The van der Waals surface area contributed by atoms with Gasteiger partial charge < -0.3 is 19.5 Å². The third kappa shape index (κ3) is 4.88. The minimum Gasteiger partial charge on any atom is -0.497 e. The molecule has 0 fully saturated rings. The molecule has 30 heavy (non-hydrogen) atoms. The highest BCUT2D eigenvalue weighted by Gasteiger charge is 2.29. The summed E-state index contributed by atoms with van der Waals surface area (Å²) in [5, 5.41) is 3.43. The van der Waals surface area contributed by atoms with Crippen LogP contribution >= 0.6 is 23.7 Å². The molecule has 0 saturated heterocycles. The summed E-state index contributed by atoms with van der Waals surface area (Å²) < 4.78 is 15.8. The Kier molecular flexibility index (Phi) is 8.52. The van der Waals surface area contributed by atoms with Crippen LogP contribution in [0.4, 0.5) is 5.00 Å². The lowest BCUT2D eigenvalue weighted by molar-refractivity contribution is 0.0526. The van der Waals surface area contributed by atoms with E-state index in [2.05, 4.69) is 17.1 Å². The van der Waals surface area contributed by atoms with Crippen molar-refractivity contribution < 1.29 is 23.8 Å². The molecule has 2 aromatic rings.